The molecule has 3 heterocycles. The third-order valence-corrected chi connectivity index (χ3v) is 7.75. The zero-order valence-electron chi connectivity index (χ0n) is 19.1. The van der Waals surface area contributed by atoms with E-state index in [0.29, 0.717) is 38.0 Å². The van der Waals surface area contributed by atoms with Crippen molar-refractivity contribution in [2.75, 3.05) is 0 Å². The Morgan fingerprint density at radius 3 is 2.32 bits per heavy atom. The van der Waals surface area contributed by atoms with E-state index >= 15 is 0 Å². The quantitative estimate of drug-likeness (QED) is 0.270. The van der Waals surface area contributed by atoms with Crippen LogP contribution in [0.4, 0.5) is 0 Å². The highest BCUT2D eigenvalue weighted by Gasteiger charge is 2.28. The number of halogens is 2. The first-order valence-electron chi connectivity index (χ1n) is 10.3. The highest BCUT2D eigenvalue weighted by molar-refractivity contribution is 8.01. The lowest BCUT2D eigenvalue weighted by atomic mass is 10.1. The first-order valence-corrected chi connectivity index (χ1v) is 12.8. The molecule has 0 unspecified atom stereocenters. The Hall–Kier alpha value is -2.46. The van der Waals surface area contributed by atoms with Crippen molar-refractivity contribution in [3.05, 3.63) is 57.1 Å². The van der Waals surface area contributed by atoms with Gasteiger partial charge < -0.3 is 5.11 Å². The van der Waals surface area contributed by atoms with Gasteiger partial charge in [-0.15, -0.1) is 11.8 Å². The van der Waals surface area contributed by atoms with Gasteiger partial charge in [-0.25, -0.2) is 19.7 Å². The summed E-state index contributed by atoms with van der Waals surface area (Å²) in [5.74, 6) is -0.806. The van der Waals surface area contributed by atoms with Crippen LogP contribution in [0.5, 0.6) is 0 Å². The largest absolute Gasteiger partial charge is 0.476 e. The van der Waals surface area contributed by atoms with E-state index in [4.69, 9.17) is 28.2 Å². The van der Waals surface area contributed by atoms with Gasteiger partial charge in [0.1, 0.15) is 0 Å². The molecule has 7 nitrogen and oxygen atoms in total. The normalized spacial score (nSPS) is 11.4. The van der Waals surface area contributed by atoms with Crippen LogP contribution in [0.25, 0.3) is 27.8 Å². The first-order chi connectivity index (χ1) is 16.0. The number of benzene rings is 1. The summed E-state index contributed by atoms with van der Waals surface area (Å²) >= 11 is 15.4. The molecule has 0 spiro atoms. The summed E-state index contributed by atoms with van der Waals surface area (Å²) in [5.41, 5.74) is 3.84. The Kier molecular flexibility index (Phi) is 7.00. The molecule has 0 atom stereocenters. The molecule has 3 aromatic heterocycles. The number of rotatable bonds is 6. The molecule has 1 aromatic carbocycles. The van der Waals surface area contributed by atoms with Gasteiger partial charge >= 0.3 is 5.97 Å². The Morgan fingerprint density at radius 1 is 1.06 bits per heavy atom. The van der Waals surface area contributed by atoms with E-state index in [0.717, 1.165) is 21.2 Å². The van der Waals surface area contributed by atoms with Crippen LogP contribution < -0.4 is 0 Å². The third kappa shape index (κ3) is 4.84. The van der Waals surface area contributed by atoms with E-state index in [-0.39, 0.29) is 10.9 Å². The molecule has 4 aromatic rings. The molecular weight excluding hydrogens is 513 g/mol. The van der Waals surface area contributed by atoms with E-state index < -0.39 is 5.97 Å². The lowest BCUT2D eigenvalue weighted by Gasteiger charge is -2.05. The number of carbonyl (C=O) groups is 1. The van der Waals surface area contributed by atoms with Crippen LogP contribution in [-0.4, -0.2) is 41.1 Å². The molecule has 0 saturated carbocycles. The predicted molar refractivity (Wildman–Crippen MR) is 138 cm³/mol. The maximum atomic E-state index is 12.4. The molecule has 1 N–H and O–H groups in total. The predicted octanol–water partition coefficient (Wildman–Crippen LogP) is 6.88. The monoisotopic (exact) mass is 533 g/mol. The molecular formula is C23H21Cl2N5O2S2. The zero-order chi connectivity index (χ0) is 24.7. The summed E-state index contributed by atoms with van der Waals surface area (Å²) in [6.45, 7) is 9.60. The third-order valence-electron chi connectivity index (χ3n) is 4.77. The van der Waals surface area contributed by atoms with E-state index in [2.05, 4.69) is 28.9 Å². The van der Waals surface area contributed by atoms with Gasteiger partial charge in [-0.1, -0.05) is 54.5 Å². The number of carboxylic acid groups (broad SMARTS) is 1. The molecule has 34 heavy (non-hydrogen) atoms. The second-order valence-electron chi connectivity index (χ2n) is 7.93. The number of aromatic carboxylic acids is 1. The van der Waals surface area contributed by atoms with Crippen molar-refractivity contribution in [1.29, 1.82) is 0 Å². The van der Waals surface area contributed by atoms with Gasteiger partial charge in [-0.2, -0.15) is 9.78 Å². The summed E-state index contributed by atoms with van der Waals surface area (Å²) in [6.07, 6.45) is 0. The number of aryl methyl sites for hydroxylation is 3. The average Bonchev–Trinajstić information content (AvgIpc) is 3.30. The second-order valence-corrected chi connectivity index (χ2v) is 11.6. The van der Waals surface area contributed by atoms with Crippen molar-refractivity contribution >= 4 is 52.3 Å². The van der Waals surface area contributed by atoms with E-state index in [1.165, 1.54) is 16.0 Å². The maximum absolute atomic E-state index is 12.4. The van der Waals surface area contributed by atoms with E-state index in [1.54, 1.807) is 30.8 Å². The van der Waals surface area contributed by atoms with Gasteiger partial charge in [0.25, 0.3) is 0 Å². The van der Waals surface area contributed by atoms with Crippen molar-refractivity contribution < 1.29 is 9.90 Å². The number of nitrogens with zero attached hydrogens (tertiary/aromatic N) is 5. The molecule has 0 saturated heterocycles. The highest BCUT2D eigenvalue weighted by Crippen LogP contribution is 2.41. The Bertz CT molecular complexity index is 1390. The van der Waals surface area contributed by atoms with Crippen molar-refractivity contribution in [3.8, 4) is 27.8 Å². The lowest BCUT2D eigenvalue weighted by molar-refractivity contribution is 0.0687. The first kappa shape index (κ1) is 24.7. The second kappa shape index (κ2) is 9.65. The number of aromatic nitrogens is 5. The molecule has 4 rings (SSSR count). The summed E-state index contributed by atoms with van der Waals surface area (Å²) in [5, 5.41) is 16.3. The standard InChI is InChI=1S/C23H21Cl2N5O2S2/c1-10(2)33-22-18(14-6-7-15(24)16(25)9-14)28-23(34-22)30-19(21(31)32)17(13(5)29-30)20-26-11(3)8-12(4)27-20/h6-10H,1-5H3,(H,31,32). The summed E-state index contributed by atoms with van der Waals surface area (Å²) in [4.78, 5) is 26.1. The number of thioether (sulfide) groups is 1. The lowest BCUT2D eigenvalue weighted by Crippen LogP contribution is -2.10. The minimum atomic E-state index is -1.14. The van der Waals surface area contributed by atoms with Crippen molar-refractivity contribution in [2.45, 2.75) is 44.1 Å². The minimum Gasteiger partial charge on any atom is -0.476 e. The van der Waals surface area contributed by atoms with Crippen LogP contribution in [0.15, 0.2) is 28.5 Å². The van der Waals surface area contributed by atoms with Crippen LogP contribution in [0.2, 0.25) is 10.0 Å². The van der Waals surface area contributed by atoms with Crippen molar-refractivity contribution in [3.63, 3.8) is 0 Å². The Balaban J connectivity index is 1.93. The zero-order valence-corrected chi connectivity index (χ0v) is 22.2. The van der Waals surface area contributed by atoms with Gasteiger partial charge in [0.05, 0.1) is 31.2 Å². The van der Waals surface area contributed by atoms with Gasteiger partial charge in [0.2, 0.25) is 5.13 Å². The number of hydrogen-bond acceptors (Lipinski definition) is 7. The molecule has 0 radical (unpaired) electrons. The van der Waals surface area contributed by atoms with Crippen LogP contribution in [0, 0.1) is 20.8 Å². The summed E-state index contributed by atoms with van der Waals surface area (Å²) < 4.78 is 2.29. The fourth-order valence-electron chi connectivity index (χ4n) is 3.47. The van der Waals surface area contributed by atoms with Gasteiger partial charge in [0.15, 0.2) is 11.5 Å². The number of carboxylic acids is 1. The number of thiazole rings is 1. The molecule has 0 aliphatic heterocycles. The topological polar surface area (TPSA) is 93.8 Å². The fraction of sp³-hybridized carbons (Fsp3) is 0.261. The van der Waals surface area contributed by atoms with Crippen LogP contribution in [-0.2, 0) is 0 Å². The molecule has 0 fully saturated rings. The van der Waals surface area contributed by atoms with E-state index in [9.17, 15) is 9.90 Å². The van der Waals surface area contributed by atoms with Gasteiger partial charge in [-0.3, -0.25) is 0 Å². The summed E-state index contributed by atoms with van der Waals surface area (Å²) in [6, 6.07) is 7.16. The van der Waals surface area contributed by atoms with Crippen LogP contribution in [0.3, 0.4) is 0 Å². The fourth-order valence-corrected chi connectivity index (χ4v) is 6.25. The molecule has 11 heteroatoms. The van der Waals surface area contributed by atoms with Gasteiger partial charge in [0, 0.05) is 22.2 Å². The minimum absolute atomic E-state index is 0.0296. The highest BCUT2D eigenvalue weighted by atomic mass is 35.5. The van der Waals surface area contributed by atoms with Gasteiger partial charge in [-0.05, 0) is 39.0 Å². The molecule has 0 bridgehead atoms. The molecule has 176 valence electrons. The molecule has 0 aliphatic carbocycles. The average molecular weight is 534 g/mol. The van der Waals surface area contributed by atoms with Crippen LogP contribution >= 0.6 is 46.3 Å². The SMILES string of the molecule is Cc1cc(C)nc(-c2c(C)nn(-c3nc(-c4ccc(Cl)c(Cl)c4)c(SC(C)C)s3)c2C(=O)O)n1. The van der Waals surface area contributed by atoms with Crippen LogP contribution in [0.1, 0.15) is 41.4 Å². The summed E-state index contributed by atoms with van der Waals surface area (Å²) in [7, 11) is 0. The number of hydrogen-bond donors (Lipinski definition) is 1. The Morgan fingerprint density at radius 2 is 1.74 bits per heavy atom. The van der Waals surface area contributed by atoms with Crippen molar-refractivity contribution in [1.82, 2.24) is 24.7 Å². The Labute approximate surface area is 215 Å². The van der Waals surface area contributed by atoms with E-state index in [1.807, 2.05) is 26.0 Å². The molecule has 0 aliphatic rings. The smallest absolute Gasteiger partial charge is 0.355 e. The molecule has 0 amide bonds. The maximum Gasteiger partial charge on any atom is 0.355 e. The van der Waals surface area contributed by atoms with Crippen molar-refractivity contribution in [2.24, 2.45) is 0 Å².